The summed E-state index contributed by atoms with van der Waals surface area (Å²) in [6, 6.07) is 0.470. The predicted octanol–water partition coefficient (Wildman–Crippen LogP) is 3.36. The Labute approximate surface area is 111 Å². The maximum Gasteiger partial charge on any atom is 0.0644 e. The first-order valence-electron chi connectivity index (χ1n) is 7.44. The molecular formula is C15H27N3. The zero-order valence-corrected chi connectivity index (χ0v) is 12.3. The van der Waals surface area contributed by atoms with Crippen molar-refractivity contribution in [3.8, 4) is 0 Å². The highest BCUT2D eigenvalue weighted by Gasteiger charge is 2.25. The summed E-state index contributed by atoms with van der Waals surface area (Å²) < 4.78 is 2.23. The van der Waals surface area contributed by atoms with Gasteiger partial charge < -0.3 is 5.32 Å². The van der Waals surface area contributed by atoms with Crippen molar-refractivity contribution in [2.75, 3.05) is 6.54 Å². The van der Waals surface area contributed by atoms with Crippen LogP contribution in [0.5, 0.6) is 0 Å². The second-order valence-electron chi connectivity index (χ2n) is 5.62. The molecule has 1 saturated carbocycles. The van der Waals surface area contributed by atoms with Crippen LogP contribution in [0.1, 0.15) is 62.5 Å². The monoisotopic (exact) mass is 249 g/mol. The van der Waals surface area contributed by atoms with Gasteiger partial charge in [0.05, 0.1) is 5.69 Å². The van der Waals surface area contributed by atoms with Gasteiger partial charge in [-0.25, -0.2) is 0 Å². The lowest BCUT2D eigenvalue weighted by Gasteiger charge is -2.17. The van der Waals surface area contributed by atoms with E-state index >= 15 is 0 Å². The number of rotatable bonds is 7. The Hall–Kier alpha value is -0.830. The number of hydrogen-bond donors (Lipinski definition) is 1. The normalized spacial score (nSPS) is 17.1. The van der Waals surface area contributed by atoms with E-state index in [1.54, 1.807) is 0 Å². The van der Waals surface area contributed by atoms with Crippen LogP contribution in [0.15, 0.2) is 0 Å². The minimum atomic E-state index is 0.470. The van der Waals surface area contributed by atoms with E-state index in [0.717, 1.165) is 25.4 Å². The van der Waals surface area contributed by atoms with E-state index in [9.17, 15) is 0 Å². The van der Waals surface area contributed by atoms with E-state index < -0.39 is 0 Å². The number of nitrogens with zero attached hydrogens (tertiary/aromatic N) is 2. The van der Waals surface area contributed by atoms with Crippen LogP contribution >= 0.6 is 0 Å². The summed E-state index contributed by atoms with van der Waals surface area (Å²) in [5.41, 5.74) is 4.02. The highest BCUT2D eigenvalue weighted by molar-refractivity contribution is 5.28. The number of aryl methyl sites for hydroxylation is 1. The van der Waals surface area contributed by atoms with Gasteiger partial charge in [-0.15, -0.1) is 0 Å². The van der Waals surface area contributed by atoms with Gasteiger partial charge in [0.25, 0.3) is 0 Å². The van der Waals surface area contributed by atoms with Gasteiger partial charge in [0.1, 0.15) is 0 Å². The number of hydrogen-bond acceptors (Lipinski definition) is 2. The fourth-order valence-electron chi connectivity index (χ4n) is 2.71. The van der Waals surface area contributed by atoms with Crippen LogP contribution < -0.4 is 5.32 Å². The molecule has 1 aromatic heterocycles. The van der Waals surface area contributed by atoms with Gasteiger partial charge in [-0.1, -0.05) is 13.8 Å². The molecule has 1 aliphatic carbocycles. The molecule has 1 atom stereocenters. The fourth-order valence-corrected chi connectivity index (χ4v) is 2.71. The van der Waals surface area contributed by atoms with Crippen molar-refractivity contribution in [1.82, 2.24) is 15.1 Å². The van der Waals surface area contributed by atoms with Crippen molar-refractivity contribution in [1.29, 1.82) is 0 Å². The topological polar surface area (TPSA) is 29.9 Å². The molecule has 0 saturated heterocycles. The molecule has 0 spiro atoms. The molecule has 1 heterocycles. The Morgan fingerprint density at radius 1 is 1.33 bits per heavy atom. The smallest absolute Gasteiger partial charge is 0.0644 e. The van der Waals surface area contributed by atoms with Crippen molar-refractivity contribution >= 4 is 0 Å². The maximum absolute atomic E-state index is 4.74. The van der Waals surface area contributed by atoms with Gasteiger partial charge >= 0.3 is 0 Å². The first-order valence-corrected chi connectivity index (χ1v) is 7.44. The lowest BCUT2D eigenvalue weighted by molar-refractivity contribution is 0.509. The standard InChI is InChI=1S/C15H27N3/c1-5-9-16-14(6-2)15-11(3)17-18(12(15)4)10-13-7-8-13/h13-14,16H,5-10H2,1-4H3. The largest absolute Gasteiger partial charge is 0.310 e. The molecule has 0 bridgehead atoms. The molecule has 3 heteroatoms. The van der Waals surface area contributed by atoms with Crippen LogP contribution in [0, 0.1) is 19.8 Å². The molecule has 0 aliphatic heterocycles. The van der Waals surface area contributed by atoms with Gasteiger partial charge in [0.2, 0.25) is 0 Å². The number of aromatic nitrogens is 2. The average Bonchev–Trinajstić information content (AvgIpc) is 3.11. The van der Waals surface area contributed by atoms with E-state index in [-0.39, 0.29) is 0 Å². The van der Waals surface area contributed by atoms with Gasteiger partial charge in [0.15, 0.2) is 0 Å². The highest BCUT2D eigenvalue weighted by atomic mass is 15.3. The molecule has 3 nitrogen and oxygen atoms in total. The van der Waals surface area contributed by atoms with Gasteiger partial charge in [-0.05, 0) is 52.0 Å². The number of nitrogens with one attached hydrogen (secondary N) is 1. The van der Waals surface area contributed by atoms with Crippen molar-refractivity contribution in [2.24, 2.45) is 5.92 Å². The minimum absolute atomic E-state index is 0.470. The van der Waals surface area contributed by atoms with Gasteiger partial charge in [-0.2, -0.15) is 5.10 Å². The SMILES string of the molecule is CCCNC(CC)c1c(C)nn(CC2CC2)c1C. The van der Waals surface area contributed by atoms with Crippen LogP contribution in [0.3, 0.4) is 0 Å². The Bertz CT molecular complexity index is 391. The van der Waals surface area contributed by atoms with Crippen LogP contribution in [-0.4, -0.2) is 16.3 Å². The van der Waals surface area contributed by atoms with Crippen LogP contribution in [0.2, 0.25) is 0 Å². The van der Waals surface area contributed by atoms with Crippen LogP contribution in [-0.2, 0) is 6.54 Å². The molecule has 1 aromatic rings. The summed E-state index contributed by atoms with van der Waals surface area (Å²) in [6.45, 7) is 11.1. The third-order valence-electron chi connectivity index (χ3n) is 3.96. The quantitative estimate of drug-likeness (QED) is 0.803. The molecule has 2 rings (SSSR count). The molecule has 0 amide bonds. The van der Waals surface area contributed by atoms with Crippen molar-refractivity contribution < 1.29 is 0 Å². The maximum atomic E-state index is 4.74. The third-order valence-corrected chi connectivity index (χ3v) is 3.96. The van der Waals surface area contributed by atoms with Crippen LogP contribution in [0.4, 0.5) is 0 Å². The average molecular weight is 249 g/mol. The van der Waals surface area contributed by atoms with Crippen LogP contribution in [0.25, 0.3) is 0 Å². The Morgan fingerprint density at radius 2 is 2.06 bits per heavy atom. The van der Waals surface area contributed by atoms with Crippen molar-refractivity contribution in [2.45, 2.75) is 66.0 Å². The first-order chi connectivity index (χ1) is 8.67. The summed E-state index contributed by atoms with van der Waals surface area (Å²) in [5.74, 6) is 0.888. The first kappa shape index (κ1) is 13.6. The van der Waals surface area contributed by atoms with Gasteiger partial charge in [-0.3, -0.25) is 4.68 Å². The highest BCUT2D eigenvalue weighted by Crippen LogP contribution is 2.32. The second kappa shape index (κ2) is 5.87. The van der Waals surface area contributed by atoms with E-state index in [1.807, 2.05) is 0 Å². The Balaban J connectivity index is 2.16. The van der Waals surface area contributed by atoms with E-state index in [0.29, 0.717) is 6.04 Å². The fraction of sp³-hybridized carbons (Fsp3) is 0.800. The van der Waals surface area contributed by atoms with E-state index in [4.69, 9.17) is 5.10 Å². The summed E-state index contributed by atoms with van der Waals surface area (Å²) >= 11 is 0. The molecule has 1 fully saturated rings. The second-order valence-corrected chi connectivity index (χ2v) is 5.62. The Morgan fingerprint density at radius 3 is 2.61 bits per heavy atom. The van der Waals surface area contributed by atoms with E-state index in [1.165, 1.54) is 36.2 Å². The molecule has 102 valence electrons. The third kappa shape index (κ3) is 2.94. The molecule has 0 radical (unpaired) electrons. The lowest BCUT2D eigenvalue weighted by Crippen LogP contribution is -2.22. The van der Waals surface area contributed by atoms with Gasteiger partial charge in [0, 0.05) is 23.8 Å². The van der Waals surface area contributed by atoms with E-state index in [2.05, 4.69) is 37.7 Å². The zero-order valence-electron chi connectivity index (χ0n) is 12.3. The van der Waals surface area contributed by atoms with Crippen molar-refractivity contribution in [3.63, 3.8) is 0 Å². The summed E-state index contributed by atoms with van der Waals surface area (Å²) in [7, 11) is 0. The lowest BCUT2D eigenvalue weighted by atomic mass is 10.0. The molecular weight excluding hydrogens is 222 g/mol. The zero-order chi connectivity index (χ0) is 13.1. The molecule has 1 N–H and O–H groups in total. The van der Waals surface area contributed by atoms with Crippen molar-refractivity contribution in [3.05, 3.63) is 17.0 Å². The predicted molar refractivity (Wildman–Crippen MR) is 75.8 cm³/mol. The molecule has 0 aromatic carbocycles. The minimum Gasteiger partial charge on any atom is -0.310 e. The summed E-state index contributed by atoms with van der Waals surface area (Å²) in [5, 5.41) is 8.39. The summed E-state index contributed by atoms with van der Waals surface area (Å²) in [6.07, 6.45) is 5.10. The molecule has 1 unspecified atom stereocenters. The Kier molecular flexibility index (Phi) is 4.44. The summed E-state index contributed by atoms with van der Waals surface area (Å²) in [4.78, 5) is 0. The molecule has 18 heavy (non-hydrogen) atoms. The molecule has 1 aliphatic rings.